The van der Waals surface area contributed by atoms with Crippen LogP contribution in [0.3, 0.4) is 0 Å². The van der Waals surface area contributed by atoms with Gasteiger partial charge in [0.1, 0.15) is 11.4 Å². The van der Waals surface area contributed by atoms with Crippen molar-refractivity contribution in [2.45, 2.75) is 13.8 Å². The number of aromatic nitrogens is 2. The Labute approximate surface area is 185 Å². The molecular weight excluding hydrogens is 414 g/mol. The fourth-order valence-corrected chi connectivity index (χ4v) is 4.84. The van der Waals surface area contributed by atoms with E-state index in [4.69, 9.17) is 4.74 Å². The Morgan fingerprint density at radius 1 is 1.23 bits per heavy atom. The van der Waals surface area contributed by atoms with Crippen molar-refractivity contribution in [1.82, 2.24) is 14.7 Å². The summed E-state index contributed by atoms with van der Waals surface area (Å²) < 4.78 is 7.17. The molecule has 31 heavy (non-hydrogen) atoms. The van der Waals surface area contributed by atoms with Crippen LogP contribution in [0.5, 0.6) is 0 Å². The monoisotopic (exact) mass is 441 g/mol. The second-order valence-corrected chi connectivity index (χ2v) is 8.58. The number of benzene rings is 1. The highest BCUT2D eigenvalue weighted by molar-refractivity contribution is 7.20. The summed E-state index contributed by atoms with van der Waals surface area (Å²) in [4.78, 5) is 31.0. The Morgan fingerprint density at radius 2 is 1.94 bits per heavy atom. The van der Waals surface area contributed by atoms with Crippen LogP contribution in [0.1, 0.15) is 22.3 Å². The van der Waals surface area contributed by atoms with Gasteiger partial charge in [0.15, 0.2) is 0 Å². The van der Waals surface area contributed by atoms with E-state index >= 15 is 0 Å². The van der Waals surface area contributed by atoms with E-state index in [9.17, 15) is 9.59 Å². The third kappa shape index (κ3) is 4.57. The second kappa shape index (κ2) is 9.07. The SMILES string of the molecule is CCN(CC(=O)Nc1ccc(N2CCOCC2)cc1)C(=O)c1cc2c(C)nn(C)c2s1. The van der Waals surface area contributed by atoms with Gasteiger partial charge in [-0.1, -0.05) is 0 Å². The molecule has 2 amide bonds. The van der Waals surface area contributed by atoms with Crippen LogP contribution in [0.4, 0.5) is 11.4 Å². The van der Waals surface area contributed by atoms with Gasteiger partial charge in [-0.3, -0.25) is 14.3 Å². The van der Waals surface area contributed by atoms with Crippen LogP contribution >= 0.6 is 11.3 Å². The minimum Gasteiger partial charge on any atom is -0.378 e. The number of morpholine rings is 1. The van der Waals surface area contributed by atoms with Gasteiger partial charge in [0.25, 0.3) is 5.91 Å². The average molecular weight is 442 g/mol. The molecule has 2 aromatic heterocycles. The molecular formula is C22H27N5O3S. The Bertz CT molecular complexity index is 1050. The number of nitrogens with zero attached hydrogens (tertiary/aromatic N) is 4. The molecule has 1 saturated heterocycles. The summed E-state index contributed by atoms with van der Waals surface area (Å²) >= 11 is 1.41. The lowest BCUT2D eigenvalue weighted by Crippen LogP contribution is -2.37. The number of fused-ring (bicyclic) bond motifs is 1. The van der Waals surface area contributed by atoms with Crippen molar-refractivity contribution in [2.75, 3.05) is 49.6 Å². The van der Waals surface area contributed by atoms with Crippen LogP contribution in [0.25, 0.3) is 10.2 Å². The highest BCUT2D eigenvalue weighted by atomic mass is 32.1. The molecule has 1 fully saturated rings. The summed E-state index contributed by atoms with van der Waals surface area (Å²) in [5.74, 6) is -0.353. The molecule has 0 spiro atoms. The maximum atomic E-state index is 13.0. The lowest BCUT2D eigenvalue weighted by atomic mass is 10.2. The Balaban J connectivity index is 1.38. The van der Waals surface area contributed by atoms with Crippen LogP contribution < -0.4 is 10.2 Å². The van der Waals surface area contributed by atoms with E-state index in [0.29, 0.717) is 17.1 Å². The minimum atomic E-state index is -0.215. The lowest BCUT2D eigenvalue weighted by Gasteiger charge is -2.29. The molecule has 3 aromatic rings. The number of rotatable bonds is 6. The van der Waals surface area contributed by atoms with Crippen LogP contribution in [-0.2, 0) is 16.6 Å². The van der Waals surface area contributed by atoms with E-state index in [2.05, 4.69) is 15.3 Å². The van der Waals surface area contributed by atoms with E-state index in [1.54, 1.807) is 9.58 Å². The number of carbonyl (C=O) groups excluding carboxylic acids is 2. The van der Waals surface area contributed by atoms with Crippen LogP contribution in [0.2, 0.25) is 0 Å². The lowest BCUT2D eigenvalue weighted by molar-refractivity contribution is -0.116. The van der Waals surface area contributed by atoms with E-state index in [1.807, 2.05) is 51.2 Å². The van der Waals surface area contributed by atoms with Crippen molar-refractivity contribution >= 4 is 44.7 Å². The number of carbonyl (C=O) groups is 2. The van der Waals surface area contributed by atoms with Gasteiger partial charge in [-0.15, -0.1) is 11.3 Å². The van der Waals surface area contributed by atoms with Gasteiger partial charge in [-0.2, -0.15) is 5.10 Å². The summed E-state index contributed by atoms with van der Waals surface area (Å²) in [5.41, 5.74) is 2.73. The van der Waals surface area contributed by atoms with Crippen molar-refractivity contribution in [3.63, 3.8) is 0 Å². The molecule has 8 nitrogen and oxygen atoms in total. The van der Waals surface area contributed by atoms with Crippen LogP contribution in [-0.4, -0.2) is 65.9 Å². The normalized spacial score (nSPS) is 14.1. The predicted molar refractivity (Wildman–Crippen MR) is 123 cm³/mol. The Hall–Kier alpha value is -2.91. The zero-order valence-electron chi connectivity index (χ0n) is 18.1. The van der Waals surface area contributed by atoms with Crippen LogP contribution in [0.15, 0.2) is 30.3 Å². The van der Waals surface area contributed by atoms with Crippen molar-refractivity contribution in [3.05, 3.63) is 40.9 Å². The van der Waals surface area contributed by atoms with Gasteiger partial charge >= 0.3 is 0 Å². The predicted octanol–water partition coefficient (Wildman–Crippen LogP) is 2.88. The first kappa shape index (κ1) is 21.3. The molecule has 0 radical (unpaired) electrons. The molecule has 164 valence electrons. The number of nitrogens with one attached hydrogen (secondary N) is 1. The van der Waals surface area contributed by atoms with Gasteiger partial charge in [-0.25, -0.2) is 0 Å². The first-order chi connectivity index (χ1) is 15.0. The molecule has 0 saturated carbocycles. The number of hydrogen-bond donors (Lipinski definition) is 1. The van der Waals surface area contributed by atoms with Crippen molar-refractivity contribution < 1.29 is 14.3 Å². The first-order valence-electron chi connectivity index (χ1n) is 10.4. The largest absolute Gasteiger partial charge is 0.378 e. The number of aryl methyl sites for hydroxylation is 2. The maximum Gasteiger partial charge on any atom is 0.264 e. The zero-order valence-corrected chi connectivity index (χ0v) is 18.9. The summed E-state index contributed by atoms with van der Waals surface area (Å²) in [6.07, 6.45) is 0. The van der Waals surface area contributed by atoms with Crippen molar-refractivity contribution in [1.29, 1.82) is 0 Å². The fourth-order valence-electron chi connectivity index (χ4n) is 3.74. The van der Waals surface area contributed by atoms with Crippen molar-refractivity contribution in [2.24, 2.45) is 7.05 Å². The van der Waals surface area contributed by atoms with E-state index in [1.165, 1.54) is 11.3 Å². The molecule has 0 unspecified atom stereocenters. The minimum absolute atomic E-state index is 0.00598. The number of hydrogen-bond acceptors (Lipinski definition) is 6. The fraction of sp³-hybridized carbons (Fsp3) is 0.409. The molecule has 0 aliphatic carbocycles. The van der Waals surface area contributed by atoms with Gasteiger partial charge < -0.3 is 19.9 Å². The third-order valence-electron chi connectivity index (χ3n) is 5.44. The molecule has 3 heterocycles. The second-order valence-electron chi connectivity index (χ2n) is 7.55. The van der Waals surface area contributed by atoms with Gasteiger partial charge in [0, 0.05) is 43.4 Å². The van der Waals surface area contributed by atoms with Gasteiger partial charge in [-0.05, 0) is 44.2 Å². The molecule has 1 aromatic carbocycles. The summed E-state index contributed by atoms with van der Waals surface area (Å²) in [5, 5.41) is 8.25. The molecule has 0 atom stereocenters. The molecule has 4 rings (SSSR count). The first-order valence-corrected chi connectivity index (χ1v) is 11.2. The molecule has 1 N–H and O–H groups in total. The van der Waals surface area contributed by atoms with Gasteiger partial charge in [0.05, 0.1) is 23.8 Å². The number of amides is 2. The molecule has 1 aliphatic rings. The average Bonchev–Trinajstić information content (AvgIpc) is 3.34. The summed E-state index contributed by atoms with van der Waals surface area (Å²) in [7, 11) is 1.87. The quantitative estimate of drug-likeness (QED) is 0.636. The number of likely N-dealkylation sites (N-methyl/N-ethyl adjacent to an activating group) is 1. The topological polar surface area (TPSA) is 79.7 Å². The smallest absolute Gasteiger partial charge is 0.264 e. The van der Waals surface area contributed by atoms with Crippen molar-refractivity contribution in [3.8, 4) is 0 Å². The molecule has 0 bridgehead atoms. The number of anilines is 2. The highest BCUT2D eigenvalue weighted by Gasteiger charge is 2.21. The summed E-state index contributed by atoms with van der Waals surface area (Å²) in [6.45, 7) is 7.46. The summed E-state index contributed by atoms with van der Waals surface area (Å²) in [6, 6.07) is 9.65. The third-order valence-corrected chi connectivity index (χ3v) is 6.63. The molecule has 1 aliphatic heterocycles. The van der Waals surface area contributed by atoms with E-state index in [0.717, 1.165) is 47.9 Å². The zero-order chi connectivity index (χ0) is 22.0. The molecule has 9 heteroatoms. The van der Waals surface area contributed by atoms with Crippen LogP contribution in [0, 0.1) is 6.92 Å². The number of thiophene rings is 1. The van der Waals surface area contributed by atoms with Gasteiger partial charge in [0.2, 0.25) is 5.91 Å². The van der Waals surface area contributed by atoms with E-state index in [-0.39, 0.29) is 18.4 Å². The maximum absolute atomic E-state index is 13.0. The standard InChI is InChI=1S/C22H27N5O3S/c1-4-26(21(29)19-13-18-15(2)24-25(3)22(18)31-19)14-20(28)23-16-5-7-17(8-6-16)27-9-11-30-12-10-27/h5-8,13H,4,9-12,14H2,1-3H3,(H,23,28). The van der Waals surface area contributed by atoms with E-state index < -0.39 is 0 Å². The number of ether oxygens (including phenoxy) is 1. The Morgan fingerprint density at radius 3 is 2.58 bits per heavy atom. The highest BCUT2D eigenvalue weighted by Crippen LogP contribution is 2.28. The Kier molecular flexibility index (Phi) is 6.24.